The Balaban J connectivity index is 2.21. The van der Waals surface area contributed by atoms with Gasteiger partial charge in [-0.3, -0.25) is 0 Å². The number of rotatable bonds is 9. The first-order valence-corrected chi connectivity index (χ1v) is 9.90. The number of benzene rings is 2. The first-order valence-electron chi connectivity index (χ1n) is 9.90. The van der Waals surface area contributed by atoms with E-state index in [0.717, 1.165) is 29.5 Å². The first-order chi connectivity index (χ1) is 15.0. The molecule has 0 aromatic heterocycles. The van der Waals surface area contributed by atoms with Crippen molar-refractivity contribution >= 4 is 5.57 Å². The van der Waals surface area contributed by atoms with Crippen molar-refractivity contribution in [1.29, 1.82) is 0 Å². The summed E-state index contributed by atoms with van der Waals surface area (Å²) in [5.74, 6) is 3.40. The van der Waals surface area contributed by atoms with Crippen molar-refractivity contribution in [2.75, 3.05) is 49.8 Å². The summed E-state index contributed by atoms with van der Waals surface area (Å²) in [6.07, 6.45) is 3.78. The fourth-order valence-electron chi connectivity index (χ4n) is 4.25. The Hall–Kier alpha value is -3.06. The molecule has 0 radical (unpaired) electrons. The molecule has 0 spiro atoms. The van der Waals surface area contributed by atoms with Gasteiger partial charge in [0.15, 0.2) is 23.0 Å². The molecule has 0 fully saturated rings. The first kappa shape index (κ1) is 22.6. The number of methoxy groups -OCH3 is 7. The van der Waals surface area contributed by atoms with Crippen LogP contribution < -0.4 is 28.4 Å². The summed E-state index contributed by atoms with van der Waals surface area (Å²) < 4.78 is 39.4. The van der Waals surface area contributed by atoms with Crippen molar-refractivity contribution in [1.82, 2.24) is 0 Å². The van der Waals surface area contributed by atoms with Crippen LogP contribution in [-0.2, 0) is 10.3 Å². The van der Waals surface area contributed by atoms with E-state index in [2.05, 4.69) is 6.08 Å². The monoisotopic (exact) mass is 430 g/mol. The Kier molecular flexibility index (Phi) is 6.85. The minimum absolute atomic E-state index is 0.538. The van der Waals surface area contributed by atoms with Crippen LogP contribution in [0.15, 0.2) is 30.3 Å². The van der Waals surface area contributed by atoms with Crippen molar-refractivity contribution in [2.24, 2.45) is 0 Å². The minimum atomic E-state index is -0.711. The maximum Gasteiger partial charge on any atom is 0.203 e. The second kappa shape index (κ2) is 9.39. The van der Waals surface area contributed by atoms with Crippen LogP contribution in [0, 0.1) is 0 Å². The van der Waals surface area contributed by atoms with Crippen LogP contribution in [0.5, 0.6) is 34.5 Å². The lowest BCUT2D eigenvalue weighted by molar-refractivity contribution is 0.0374. The van der Waals surface area contributed by atoms with Crippen molar-refractivity contribution in [3.63, 3.8) is 0 Å². The van der Waals surface area contributed by atoms with Gasteiger partial charge in [0.1, 0.15) is 5.60 Å². The van der Waals surface area contributed by atoms with E-state index in [9.17, 15) is 0 Å². The van der Waals surface area contributed by atoms with E-state index in [0.29, 0.717) is 34.5 Å². The summed E-state index contributed by atoms with van der Waals surface area (Å²) in [5, 5.41) is 0. The third kappa shape index (κ3) is 3.74. The van der Waals surface area contributed by atoms with Gasteiger partial charge >= 0.3 is 0 Å². The molecular formula is C24H30O7. The molecule has 7 heteroatoms. The molecule has 2 aromatic carbocycles. The highest BCUT2D eigenvalue weighted by molar-refractivity contribution is 5.79. The van der Waals surface area contributed by atoms with Crippen LogP contribution in [-0.4, -0.2) is 49.8 Å². The summed E-state index contributed by atoms with van der Waals surface area (Å²) in [6.45, 7) is 0. The summed E-state index contributed by atoms with van der Waals surface area (Å²) in [7, 11) is 11.3. The van der Waals surface area contributed by atoms with Gasteiger partial charge < -0.3 is 33.2 Å². The van der Waals surface area contributed by atoms with Gasteiger partial charge in [-0.25, -0.2) is 0 Å². The molecule has 0 bridgehead atoms. The maximum absolute atomic E-state index is 6.19. The topological polar surface area (TPSA) is 64.6 Å². The second-order valence-corrected chi connectivity index (χ2v) is 7.02. The Morgan fingerprint density at radius 1 is 0.613 bits per heavy atom. The average Bonchev–Trinajstić information content (AvgIpc) is 3.27. The lowest BCUT2D eigenvalue weighted by Crippen LogP contribution is -2.27. The highest BCUT2D eigenvalue weighted by Gasteiger charge is 2.42. The molecule has 0 unspecified atom stereocenters. The molecule has 31 heavy (non-hydrogen) atoms. The van der Waals surface area contributed by atoms with Crippen molar-refractivity contribution in [3.8, 4) is 34.5 Å². The van der Waals surface area contributed by atoms with Crippen molar-refractivity contribution < 1.29 is 33.2 Å². The molecule has 0 N–H and O–H groups in total. The van der Waals surface area contributed by atoms with E-state index in [1.807, 2.05) is 24.3 Å². The smallest absolute Gasteiger partial charge is 0.203 e. The number of hydrogen-bond donors (Lipinski definition) is 0. The van der Waals surface area contributed by atoms with Crippen LogP contribution in [0.1, 0.15) is 24.0 Å². The van der Waals surface area contributed by atoms with Crippen molar-refractivity contribution in [2.45, 2.75) is 18.4 Å². The lowest BCUT2D eigenvalue weighted by atomic mass is 9.83. The summed E-state index contributed by atoms with van der Waals surface area (Å²) in [5.41, 5.74) is 2.12. The van der Waals surface area contributed by atoms with E-state index >= 15 is 0 Å². The van der Waals surface area contributed by atoms with Crippen LogP contribution in [0.2, 0.25) is 0 Å². The molecule has 7 nitrogen and oxygen atoms in total. The van der Waals surface area contributed by atoms with Gasteiger partial charge in [0.2, 0.25) is 11.5 Å². The molecule has 2 aromatic rings. The summed E-state index contributed by atoms with van der Waals surface area (Å²) in [6, 6.07) is 7.73. The third-order valence-electron chi connectivity index (χ3n) is 5.74. The second-order valence-electron chi connectivity index (χ2n) is 7.02. The third-order valence-corrected chi connectivity index (χ3v) is 5.74. The molecule has 3 rings (SSSR count). The van der Waals surface area contributed by atoms with Gasteiger partial charge in [-0.15, -0.1) is 0 Å². The maximum atomic E-state index is 6.19. The zero-order valence-electron chi connectivity index (χ0n) is 19.2. The molecule has 1 aliphatic carbocycles. The Morgan fingerprint density at radius 3 is 1.45 bits per heavy atom. The van der Waals surface area contributed by atoms with Crippen LogP contribution >= 0.6 is 0 Å². The molecule has 1 atom stereocenters. The minimum Gasteiger partial charge on any atom is -0.493 e. The van der Waals surface area contributed by atoms with Crippen LogP contribution in [0.3, 0.4) is 0 Å². The molecule has 0 saturated carbocycles. The molecule has 168 valence electrons. The molecule has 0 amide bonds. The Bertz CT molecular complexity index is 916. The van der Waals surface area contributed by atoms with Gasteiger partial charge in [0, 0.05) is 7.11 Å². The zero-order valence-corrected chi connectivity index (χ0v) is 19.2. The highest BCUT2D eigenvalue weighted by atomic mass is 16.5. The quantitative estimate of drug-likeness (QED) is 0.582. The Morgan fingerprint density at radius 2 is 1.06 bits per heavy atom. The lowest BCUT2D eigenvalue weighted by Gasteiger charge is -2.33. The largest absolute Gasteiger partial charge is 0.493 e. The number of hydrogen-bond acceptors (Lipinski definition) is 7. The molecule has 1 aliphatic rings. The SMILES string of the molecule is COc1cc(C2=CCC[C@@]2(OC)c2cc(OC)c(OC)c(OC)c2)cc(OC)c1OC. The normalized spacial score (nSPS) is 17.7. The van der Waals surface area contributed by atoms with E-state index in [1.54, 1.807) is 49.8 Å². The van der Waals surface area contributed by atoms with E-state index in [1.165, 1.54) is 0 Å². The average molecular weight is 430 g/mol. The zero-order chi connectivity index (χ0) is 22.6. The molecule has 0 saturated heterocycles. The number of ether oxygens (including phenoxy) is 7. The van der Waals surface area contributed by atoms with E-state index in [4.69, 9.17) is 33.2 Å². The Labute approximate surface area is 183 Å². The highest BCUT2D eigenvalue weighted by Crippen LogP contribution is 2.53. The predicted octanol–water partition coefficient (Wildman–Crippen LogP) is 4.46. The fourth-order valence-corrected chi connectivity index (χ4v) is 4.25. The van der Waals surface area contributed by atoms with Gasteiger partial charge in [0.25, 0.3) is 0 Å². The van der Waals surface area contributed by atoms with E-state index < -0.39 is 5.60 Å². The van der Waals surface area contributed by atoms with Crippen molar-refractivity contribution in [3.05, 3.63) is 41.5 Å². The summed E-state index contributed by atoms with van der Waals surface area (Å²) >= 11 is 0. The van der Waals surface area contributed by atoms with Gasteiger partial charge in [0.05, 0.1) is 42.7 Å². The fraction of sp³-hybridized carbons (Fsp3) is 0.417. The standard InChI is InChI=1S/C24H30O7/c1-25-18-11-15(12-19(26-2)22(18)29-5)17-9-8-10-24(17,31-7)16-13-20(27-3)23(30-6)21(14-16)28-4/h9,11-14H,8,10H2,1-7H3/t24-/m1/s1. The molecular weight excluding hydrogens is 400 g/mol. The summed E-state index contributed by atoms with van der Waals surface area (Å²) in [4.78, 5) is 0. The number of allylic oxidation sites excluding steroid dienone is 1. The van der Waals surface area contributed by atoms with E-state index in [-0.39, 0.29) is 0 Å². The predicted molar refractivity (Wildman–Crippen MR) is 118 cm³/mol. The molecule has 0 aliphatic heterocycles. The molecule has 0 heterocycles. The van der Waals surface area contributed by atoms with Crippen LogP contribution in [0.25, 0.3) is 5.57 Å². The van der Waals surface area contributed by atoms with Crippen LogP contribution in [0.4, 0.5) is 0 Å². The van der Waals surface area contributed by atoms with Gasteiger partial charge in [-0.1, -0.05) is 6.08 Å². The van der Waals surface area contributed by atoms with Gasteiger partial charge in [-0.05, 0) is 53.8 Å². The van der Waals surface area contributed by atoms with Gasteiger partial charge in [-0.2, -0.15) is 0 Å².